The van der Waals surface area contributed by atoms with Crippen LogP contribution < -0.4 is 9.64 Å². The Morgan fingerprint density at radius 2 is 1.89 bits per heavy atom. The van der Waals surface area contributed by atoms with Gasteiger partial charge in [-0.2, -0.15) is 11.8 Å². The first kappa shape index (κ1) is 25.0. The summed E-state index contributed by atoms with van der Waals surface area (Å²) in [7, 11) is 1.67. The van der Waals surface area contributed by atoms with Crippen LogP contribution in [-0.4, -0.2) is 59.1 Å². The van der Waals surface area contributed by atoms with Crippen LogP contribution in [0.3, 0.4) is 0 Å². The third-order valence-electron chi connectivity index (χ3n) is 7.91. The molecule has 2 aliphatic heterocycles. The van der Waals surface area contributed by atoms with E-state index in [-0.39, 0.29) is 18.0 Å². The van der Waals surface area contributed by atoms with E-state index < -0.39 is 16.7 Å². The largest absolute Gasteiger partial charge is 0.497 e. The van der Waals surface area contributed by atoms with E-state index in [4.69, 9.17) is 9.47 Å². The quantitative estimate of drug-likeness (QED) is 0.550. The average molecular weight is 509 g/mol. The van der Waals surface area contributed by atoms with Gasteiger partial charge in [-0.3, -0.25) is 4.90 Å². The maximum atomic E-state index is 13.8. The number of nitrogens with zero attached hydrogens (tertiary/aromatic N) is 2. The molecule has 7 heteroatoms. The number of hydrogen-bond acceptors (Lipinski definition) is 6. The molecule has 1 fully saturated rings. The number of carbonyl (C=O) groups is 1. The maximum Gasteiger partial charge on any atom is 0.412 e. The van der Waals surface area contributed by atoms with E-state index in [0.29, 0.717) is 19.5 Å². The molecule has 2 heterocycles. The van der Waals surface area contributed by atoms with Crippen LogP contribution in [0.5, 0.6) is 5.75 Å². The summed E-state index contributed by atoms with van der Waals surface area (Å²) in [5.74, 6) is 0.819. The predicted octanol–water partition coefficient (Wildman–Crippen LogP) is 5.34. The number of methoxy groups -OCH3 is 1. The number of amides is 1. The Balaban J connectivity index is 1.70. The molecule has 0 aromatic heterocycles. The number of carbonyl (C=O) groups excluding carboxylic acids is 1. The van der Waals surface area contributed by atoms with Gasteiger partial charge in [0.2, 0.25) is 0 Å². The molecule has 36 heavy (non-hydrogen) atoms. The van der Waals surface area contributed by atoms with E-state index in [2.05, 4.69) is 53.6 Å². The molecule has 2 aromatic rings. The van der Waals surface area contributed by atoms with Gasteiger partial charge >= 0.3 is 6.09 Å². The normalized spacial score (nSPS) is 26.7. The van der Waals surface area contributed by atoms with Crippen LogP contribution in [0.15, 0.2) is 60.2 Å². The molecule has 3 atom stereocenters. The monoisotopic (exact) mass is 508 g/mol. The van der Waals surface area contributed by atoms with Crippen LogP contribution >= 0.6 is 11.8 Å². The summed E-state index contributed by atoms with van der Waals surface area (Å²) in [6, 6.07) is 16.7. The smallest absolute Gasteiger partial charge is 0.412 e. The van der Waals surface area contributed by atoms with Gasteiger partial charge in [0.15, 0.2) is 0 Å². The fourth-order valence-electron chi connectivity index (χ4n) is 6.47. The zero-order chi connectivity index (χ0) is 25.7. The lowest BCUT2D eigenvalue weighted by Gasteiger charge is -2.53. The number of benzene rings is 2. The Morgan fingerprint density at radius 3 is 2.53 bits per heavy atom. The van der Waals surface area contributed by atoms with E-state index in [1.54, 1.807) is 18.9 Å². The lowest BCUT2D eigenvalue weighted by atomic mass is 9.66. The molecule has 0 radical (unpaired) electrons. The first-order valence-corrected chi connectivity index (χ1v) is 13.8. The van der Waals surface area contributed by atoms with Gasteiger partial charge in [0, 0.05) is 30.4 Å². The second-order valence-electron chi connectivity index (χ2n) is 10.9. The molecule has 2 aromatic carbocycles. The maximum absolute atomic E-state index is 13.8. The van der Waals surface area contributed by atoms with Crippen LogP contribution in [0.2, 0.25) is 0 Å². The standard InChI is InChI=1S/C29H36N2O4S/c1-27(2,3)35-26(33)30-15-14-28-16-21(19-32)25(36-5)17-29(28,30)31(24-9-7-6-8-23(24)28)18-20-10-12-22(34-4)13-11-20/h6-13,16,25,32H,14-15,17-19H2,1-5H3/t25-,28?,29?/m0/s1. The predicted molar refractivity (Wildman–Crippen MR) is 145 cm³/mol. The van der Waals surface area contributed by atoms with Crippen molar-refractivity contribution in [3.63, 3.8) is 0 Å². The lowest BCUT2D eigenvalue weighted by Crippen LogP contribution is -2.67. The van der Waals surface area contributed by atoms with Crippen molar-refractivity contribution in [3.05, 3.63) is 71.3 Å². The fourth-order valence-corrected chi connectivity index (χ4v) is 7.32. The van der Waals surface area contributed by atoms with Crippen LogP contribution in [0, 0.1) is 0 Å². The summed E-state index contributed by atoms with van der Waals surface area (Å²) in [5.41, 5.74) is 2.90. The highest BCUT2D eigenvalue weighted by Crippen LogP contribution is 2.64. The first-order valence-electron chi connectivity index (χ1n) is 12.5. The molecule has 1 aliphatic carbocycles. The number of para-hydroxylation sites is 1. The van der Waals surface area contributed by atoms with Gasteiger partial charge < -0.3 is 19.5 Å². The van der Waals surface area contributed by atoms with Gasteiger partial charge in [-0.1, -0.05) is 36.4 Å². The summed E-state index contributed by atoms with van der Waals surface area (Å²) in [5, 5.41) is 10.4. The number of hydrogen-bond donors (Lipinski definition) is 1. The second kappa shape index (κ2) is 9.03. The molecular formula is C29H36N2O4S. The highest BCUT2D eigenvalue weighted by molar-refractivity contribution is 7.99. The van der Waals surface area contributed by atoms with Crippen molar-refractivity contribution in [1.82, 2.24) is 4.90 Å². The zero-order valence-electron chi connectivity index (χ0n) is 21.8. The summed E-state index contributed by atoms with van der Waals surface area (Å²) in [6.45, 7) is 7.01. The van der Waals surface area contributed by atoms with Crippen molar-refractivity contribution in [1.29, 1.82) is 0 Å². The molecule has 5 rings (SSSR count). The number of anilines is 1. The molecule has 3 aliphatic rings. The van der Waals surface area contributed by atoms with Crippen molar-refractivity contribution < 1.29 is 19.4 Å². The topological polar surface area (TPSA) is 62.2 Å². The van der Waals surface area contributed by atoms with E-state index in [1.165, 1.54) is 5.56 Å². The van der Waals surface area contributed by atoms with Gasteiger partial charge in [0.25, 0.3) is 0 Å². The Morgan fingerprint density at radius 1 is 1.17 bits per heavy atom. The number of thioether (sulfide) groups is 1. The van der Waals surface area contributed by atoms with Crippen LogP contribution in [0.4, 0.5) is 10.5 Å². The van der Waals surface area contributed by atoms with Crippen molar-refractivity contribution in [2.75, 3.05) is 31.4 Å². The summed E-state index contributed by atoms with van der Waals surface area (Å²) in [6.07, 6.45) is 5.59. The van der Waals surface area contributed by atoms with Crippen molar-refractivity contribution in [3.8, 4) is 5.75 Å². The lowest BCUT2D eigenvalue weighted by molar-refractivity contribution is -0.000825. The van der Waals surface area contributed by atoms with Crippen LogP contribution in [0.25, 0.3) is 0 Å². The summed E-state index contributed by atoms with van der Waals surface area (Å²) >= 11 is 1.74. The molecular weight excluding hydrogens is 472 g/mol. The number of ether oxygens (including phenoxy) is 2. The molecule has 0 bridgehead atoms. The minimum Gasteiger partial charge on any atom is -0.497 e. The van der Waals surface area contributed by atoms with Gasteiger partial charge in [-0.25, -0.2) is 4.79 Å². The number of fused-ring (bicyclic) bond motifs is 1. The van der Waals surface area contributed by atoms with Gasteiger partial charge in [0.05, 0.1) is 19.1 Å². The third kappa shape index (κ3) is 3.70. The van der Waals surface area contributed by atoms with Gasteiger partial charge in [-0.05, 0) is 68.3 Å². The fraction of sp³-hybridized carbons (Fsp3) is 0.483. The molecule has 6 nitrogen and oxygen atoms in total. The van der Waals surface area contributed by atoms with E-state index in [9.17, 15) is 9.90 Å². The zero-order valence-corrected chi connectivity index (χ0v) is 22.6. The van der Waals surface area contributed by atoms with Crippen molar-refractivity contribution in [2.24, 2.45) is 0 Å². The minimum atomic E-state index is -0.634. The molecule has 0 saturated carbocycles. The Kier molecular flexibility index (Phi) is 6.28. The molecule has 192 valence electrons. The number of likely N-dealkylation sites (tertiary alicyclic amines) is 1. The summed E-state index contributed by atoms with van der Waals surface area (Å²) in [4.78, 5) is 18.2. The molecule has 1 saturated heterocycles. The Labute approximate surface area is 218 Å². The highest BCUT2D eigenvalue weighted by atomic mass is 32.2. The average Bonchev–Trinajstić information content (AvgIpc) is 3.31. The van der Waals surface area contributed by atoms with Gasteiger partial charge in [-0.15, -0.1) is 0 Å². The van der Waals surface area contributed by atoms with E-state index in [1.807, 2.05) is 37.8 Å². The van der Waals surface area contributed by atoms with Crippen molar-refractivity contribution >= 4 is 23.5 Å². The highest BCUT2D eigenvalue weighted by Gasteiger charge is 2.70. The van der Waals surface area contributed by atoms with E-state index in [0.717, 1.165) is 29.0 Å². The number of aliphatic hydroxyl groups excluding tert-OH is 1. The number of aliphatic hydroxyl groups is 1. The van der Waals surface area contributed by atoms with Crippen LogP contribution in [-0.2, 0) is 16.7 Å². The molecule has 0 spiro atoms. The van der Waals surface area contributed by atoms with Gasteiger partial charge in [0.1, 0.15) is 17.0 Å². The van der Waals surface area contributed by atoms with Crippen LogP contribution in [0.1, 0.15) is 44.7 Å². The number of rotatable bonds is 5. The van der Waals surface area contributed by atoms with E-state index >= 15 is 0 Å². The summed E-state index contributed by atoms with van der Waals surface area (Å²) < 4.78 is 11.4. The van der Waals surface area contributed by atoms with Crippen molar-refractivity contribution in [2.45, 2.75) is 62.1 Å². The molecule has 1 amide bonds. The Hall–Kier alpha value is -2.64. The molecule has 2 unspecified atom stereocenters. The minimum absolute atomic E-state index is 0.0242. The Bertz CT molecular complexity index is 1170. The third-order valence-corrected chi connectivity index (χ3v) is 8.95. The molecule has 1 N–H and O–H groups in total. The first-order chi connectivity index (χ1) is 17.2. The second-order valence-corrected chi connectivity index (χ2v) is 12.0. The SMILES string of the molecule is COc1ccc(CN2c3ccccc3C34C=C(CO)[C@@H](SC)CC23N(C(=O)OC(C)(C)C)CC4)cc1.